The molecule has 0 aromatic heterocycles. The first-order valence-electron chi connectivity index (χ1n) is 5.85. The molecule has 0 saturated heterocycles. The van der Waals surface area contributed by atoms with Gasteiger partial charge in [0.15, 0.2) is 0 Å². The highest BCUT2D eigenvalue weighted by atomic mass is 32.2. The Morgan fingerprint density at radius 3 is 2.24 bits per heavy atom. The fourth-order valence-electron chi connectivity index (χ4n) is 1.30. The number of carbonyl (C=O) groups excluding carboxylic acids is 1. The van der Waals surface area contributed by atoms with E-state index in [2.05, 4.69) is 4.72 Å². The minimum Gasteiger partial charge on any atom is -0.330 e. The van der Waals surface area contributed by atoms with Crippen molar-refractivity contribution in [1.29, 1.82) is 0 Å². The van der Waals surface area contributed by atoms with Crippen LogP contribution in [0.1, 0.15) is 47.0 Å². The van der Waals surface area contributed by atoms with Crippen molar-refractivity contribution in [1.82, 2.24) is 4.72 Å². The molecule has 17 heavy (non-hydrogen) atoms. The van der Waals surface area contributed by atoms with Gasteiger partial charge in [-0.25, -0.2) is 8.42 Å². The third kappa shape index (κ3) is 6.63. The van der Waals surface area contributed by atoms with E-state index in [0.29, 0.717) is 13.0 Å². The summed E-state index contributed by atoms with van der Waals surface area (Å²) in [5.41, 5.74) is 5.43. The number of nitrogens with one attached hydrogen (secondary N) is 1. The molecule has 3 N–H and O–H groups in total. The van der Waals surface area contributed by atoms with Gasteiger partial charge in [0, 0.05) is 6.42 Å². The monoisotopic (exact) mass is 264 g/mol. The lowest BCUT2D eigenvalue weighted by Crippen LogP contribution is -2.36. The number of hydrogen-bond acceptors (Lipinski definition) is 4. The summed E-state index contributed by atoms with van der Waals surface area (Å²) in [4.78, 5) is 11.5. The summed E-state index contributed by atoms with van der Waals surface area (Å²) in [6, 6.07) is 0. The highest BCUT2D eigenvalue weighted by Crippen LogP contribution is 2.25. The van der Waals surface area contributed by atoms with Gasteiger partial charge in [0.25, 0.3) is 0 Å². The van der Waals surface area contributed by atoms with Gasteiger partial charge in [-0.05, 0) is 38.6 Å². The maximum absolute atomic E-state index is 11.5. The molecule has 102 valence electrons. The van der Waals surface area contributed by atoms with Crippen LogP contribution in [0.4, 0.5) is 0 Å². The molecule has 0 saturated carbocycles. The lowest BCUT2D eigenvalue weighted by atomic mass is 9.84. The van der Waals surface area contributed by atoms with Gasteiger partial charge in [0.2, 0.25) is 15.9 Å². The van der Waals surface area contributed by atoms with Gasteiger partial charge >= 0.3 is 0 Å². The maximum atomic E-state index is 11.5. The van der Waals surface area contributed by atoms with Crippen LogP contribution in [-0.2, 0) is 14.8 Å². The zero-order chi connectivity index (χ0) is 13.7. The summed E-state index contributed by atoms with van der Waals surface area (Å²) in [5, 5.41) is -0.594. The molecule has 0 rings (SSSR count). The zero-order valence-electron chi connectivity index (χ0n) is 11.1. The van der Waals surface area contributed by atoms with Crippen molar-refractivity contribution in [3.05, 3.63) is 0 Å². The molecule has 0 aromatic rings. The topological polar surface area (TPSA) is 89.3 Å². The third-order valence-electron chi connectivity index (χ3n) is 2.73. The van der Waals surface area contributed by atoms with Crippen molar-refractivity contribution in [2.45, 2.75) is 52.2 Å². The Labute approximate surface area is 104 Å². The van der Waals surface area contributed by atoms with Crippen LogP contribution in [0.15, 0.2) is 0 Å². The van der Waals surface area contributed by atoms with Crippen molar-refractivity contribution in [2.75, 3.05) is 6.54 Å². The standard InChI is InChI=1S/C11H24N2O3S/c1-9(2)17(15,16)13-10(14)5-6-11(3,4)7-8-12/h9H,5-8,12H2,1-4H3,(H,13,14). The van der Waals surface area contributed by atoms with Crippen LogP contribution in [0, 0.1) is 5.41 Å². The summed E-state index contributed by atoms with van der Waals surface area (Å²) in [5.74, 6) is -0.441. The molecule has 0 aliphatic heterocycles. The number of amides is 1. The van der Waals surface area contributed by atoms with E-state index < -0.39 is 21.2 Å². The smallest absolute Gasteiger partial charge is 0.237 e. The molecule has 0 fully saturated rings. The molecule has 0 bridgehead atoms. The molecule has 1 amide bonds. The minimum absolute atomic E-state index is 0.0340. The average molecular weight is 264 g/mol. The summed E-state index contributed by atoms with van der Waals surface area (Å²) >= 11 is 0. The highest BCUT2D eigenvalue weighted by Gasteiger charge is 2.22. The van der Waals surface area contributed by atoms with Gasteiger partial charge in [-0.1, -0.05) is 13.8 Å². The van der Waals surface area contributed by atoms with E-state index in [1.54, 1.807) is 0 Å². The third-order valence-corrected chi connectivity index (χ3v) is 4.48. The average Bonchev–Trinajstić information content (AvgIpc) is 2.14. The first kappa shape index (κ1) is 16.4. The Balaban J connectivity index is 4.22. The molecule has 0 unspecified atom stereocenters. The zero-order valence-corrected chi connectivity index (χ0v) is 11.9. The van der Waals surface area contributed by atoms with E-state index in [-0.39, 0.29) is 11.8 Å². The van der Waals surface area contributed by atoms with Gasteiger partial charge in [-0.2, -0.15) is 0 Å². The lowest BCUT2D eigenvalue weighted by molar-refractivity contribution is -0.119. The second-order valence-corrected chi connectivity index (χ2v) is 7.56. The molecular formula is C11H24N2O3S. The van der Waals surface area contributed by atoms with Crippen LogP contribution in [0.3, 0.4) is 0 Å². The Bertz CT molecular complexity index is 348. The van der Waals surface area contributed by atoms with E-state index in [9.17, 15) is 13.2 Å². The Hall–Kier alpha value is -0.620. The number of carbonyl (C=O) groups is 1. The SMILES string of the molecule is CC(C)S(=O)(=O)NC(=O)CCC(C)(C)CCN. The van der Waals surface area contributed by atoms with Crippen molar-refractivity contribution in [3.8, 4) is 0 Å². The quantitative estimate of drug-likeness (QED) is 0.717. The van der Waals surface area contributed by atoms with Crippen LogP contribution in [0.2, 0.25) is 0 Å². The van der Waals surface area contributed by atoms with Crippen molar-refractivity contribution in [3.63, 3.8) is 0 Å². The van der Waals surface area contributed by atoms with Gasteiger partial charge in [-0.3, -0.25) is 9.52 Å². The molecule has 0 atom stereocenters. The summed E-state index contributed by atoms with van der Waals surface area (Å²) < 4.78 is 25.0. The maximum Gasteiger partial charge on any atom is 0.237 e. The molecule has 0 spiro atoms. The Morgan fingerprint density at radius 2 is 1.82 bits per heavy atom. The fraction of sp³-hybridized carbons (Fsp3) is 0.909. The largest absolute Gasteiger partial charge is 0.330 e. The number of rotatable bonds is 7. The van der Waals surface area contributed by atoms with Gasteiger partial charge in [0.1, 0.15) is 0 Å². The van der Waals surface area contributed by atoms with E-state index >= 15 is 0 Å². The van der Waals surface area contributed by atoms with Gasteiger partial charge in [0.05, 0.1) is 5.25 Å². The molecule has 0 aliphatic carbocycles. The second-order valence-electron chi connectivity index (χ2n) is 5.32. The van der Waals surface area contributed by atoms with Gasteiger partial charge in [-0.15, -0.1) is 0 Å². The summed E-state index contributed by atoms with van der Waals surface area (Å²) in [6.07, 6.45) is 1.65. The molecule has 0 radical (unpaired) electrons. The fourth-order valence-corrected chi connectivity index (χ4v) is 1.95. The van der Waals surface area contributed by atoms with E-state index in [1.807, 2.05) is 13.8 Å². The number of nitrogens with two attached hydrogens (primary N) is 1. The first-order chi connectivity index (χ1) is 7.60. The molecule has 0 aliphatic rings. The van der Waals surface area contributed by atoms with E-state index in [0.717, 1.165) is 6.42 Å². The molecule has 6 heteroatoms. The lowest BCUT2D eigenvalue weighted by Gasteiger charge is -2.23. The van der Waals surface area contributed by atoms with Crippen molar-refractivity contribution < 1.29 is 13.2 Å². The van der Waals surface area contributed by atoms with Crippen LogP contribution in [0.5, 0.6) is 0 Å². The van der Waals surface area contributed by atoms with Crippen LogP contribution in [0.25, 0.3) is 0 Å². The Morgan fingerprint density at radius 1 is 1.29 bits per heavy atom. The molecule has 0 heterocycles. The number of hydrogen-bond donors (Lipinski definition) is 2. The number of sulfonamides is 1. The molecule has 0 aromatic carbocycles. The predicted octanol–water partition coefficient (Wildman–Crippen LogP) is 0.996. The highest BCUT2D eigenvalue weighted by molar-refractivity contribution is 7.90. The van der Waals surface area contributed by atoms with Gasteiger partial charge < -0.3 is 5.73 Å². The van der Waals surface area contributed by atoms with Crippen LogP contribution >= 0.6 is 0 Å². The van der Waals surface area contributed by atoms with E-state index in [1.165, 1.54) is 13.8 Å². The summed E-state index contributed by atoms with van der Waals surface area (Å²) in [6.45, 7) is 7.68. The predicted molar refractivity (Wildman–Crippen MR) is 68.9 cm³/mol. The molecular weight excluding hydrogens is 240 g/mol. The first-order valence-corrected chi connectivity index (χ1v) is 7.40. The van der Waals surface area contributed by atoms with E-state index in [4.69, 9.17) is 5.73 Å². The minimum atomic E-state index is -3.50. The van der Waals surface area contributed by atoms with Crippen molar-refractivity contribution >= 4 is 15.9 Å². The Kier molecular flexibility index (Phi) is 6.12. The summed E-state index contributed by atoms with van der Waals surface area (Å²) in [7, 11) is -3.50. The van der Waals surface area contributed by atoms with Crippen LogP contribution in [-0.4, -0.2) is 26.1 Å². The normalized spacial score (nSPS) is 12.8. The molecule has 5 nitrogen and oxygen atoms in total. The van der Waals surface area contributed by atoms with Crippen molar-refractivity contribution in [2.24, 2.45) is 11.1 Å². The van der Waals surface area contributed by atoms with Crippen LogP contribution < -0.4 is 10.5 Å². The second kappa shape index (κ2) is 6.35.